The molecule has 9 aromatic rings. The van der Waals surface area contributed by atoms with E-state index in [-0.39, 0.29) is 63.8 Å². The van der Waals surface area contributed by atoms with E-state index in [4.69, 9.17) is 6.85 Å². The fourth-order valence-corrected chi connectivity index (χ4v) is 14.4. The van der Waals surface area contributed by atoms with Crippen molar-refractivity contribution in [1.82, 2.24) is 4.57 Å². The summed E-state index contributed by atoms with van der Waals surface area (Å²) in [5.74, 6) is 0. The smallest absolute Gasteiger partial charge is 0.179 e. The maximum atomic E-state index is 9.90. The number of fused-ring (bicyclic) bond motifs is 11. The Balaban J connectivity index is 1.44. The summed E-state index contributed by atoms with van der Waals surface area (Å²) >= 11 is 1.58. The molecule has 0 amide bonds. The zero-order valence-corrected chi connectivity index (χ0v) is 29.3. The van der Waals surface area contributed by atoms with Crippen LogP contribution >= 0.6 is 11.8 Å². The Morgan fingerprint density at radius 2 is 1.06 bits per heavy atom. The first-order valence-electron chi connectivity index (χ1n) is 23.0. The molecule has 52 heavy (non-hydrogen) atoms. The van der Waals surface area contributed by atoms with Gasteiger partial charge in [-0.15, -0.1) is 0 Å². The molecule has 3 heterocycles. The highest BCUT2D eigenvalue weighted by molar-refractivity contribution is 7.99. The molecule has 8 aromatic carbocycles. The van der Waals surface area contributed by atoms with Gasteiger partial charge in [-0.25, -0.2) is 0 Å². The number of hydrogen-bond acceptors (Lipinski definition) is 1. The molecular formula is C49H33NSSi. The third-order valence-corrected chi connectivity index (χ3v) is 16.5. The Labute approximate surface area is 325 Å². The lowest BCUT2D eigenvalue weighted by atomic mass is 9.63. The summed E-state index contributed by atoms with van der Waals surface area (Å²) in [7, 11) is -4.01. The van der Waals surface area contributed by atoms with Gasteiger partial charge in [0.1, 0.15) is 0 Å². The van der Waals surface area contributed by atoms with Gasteiger partial charge < -0.3 is 4.57 Å². The van der Waals surface area contributed by atoms with Crippen molar-refractivity contribution in [3.8, 4) is 5.69 Å². The number of hydrogen-bond donors (Lipinski definition) is 0. The average Bonchev–Trinajstić information content (AvgIpc) is 3.68. The van der Waals surface area contributed by atoms with Crippen molar-refractivity contribution in [1.29, 1.82) is 0 Å². The van der Waals surface area contributed by atoms with Crippen LogP contribution in [0.25, 0.3) is 27.5 Å². The highest BCUT2D eigenvalue weighted by atomic mass is 32.2. The minimum Gasteiger partial charge on any atom is -0.309 e. The van der Waals surface area contributed by atoms with Gasteiger partial charge in [0, 0.05) is 20.6 Å². The van der Waals surface area contributed by atoms with Crippen LogP contribution in [0.4, 0.5) is 0 Å². The molecule has 0 unspecified atom stereocenters. The zero-order chi connectivity index (χ0) is 44.7. The maximum absolute atomic E-state index is 9.90. The second-order valence-corrected chi connectivity index (χ2v) is 17.9. The van der Waals surface area contributed by atoms with E-state index in [1.54, 1.807) is 16.3 Å². The van der Waals surface area contributed by atoms with Gasteiger partial charge in [0.25, 0.3) is 0 Å². The molecule has 0 N–H and O–H groups in total. The quantitative estimate of drug-likeness (QED) is 0.130. The molecule has 1 aromatic heterocycles. The summed E-state index contributed by atoms with van der Waals surface area (Å²) in [5.41, 5.74) is 2.18. The largest absolute Gasteiger partial charge is 0.309 e. The van der Waals surface area contributed by atoms with Gasteiger partial charge >= 0.3 is 0 Å². The van der Waals surface area contributed by atoms with Crippen LogP contribution in [0.1, 0.15) is 38.7 Å². The van der Waals surface area contributed by atoms with Crippen LogP contribution in [0.2, 0.25) is 0 Å². The topological polar surface area (TPSA) is 4.93 Å². The lowest BCUT2D eigenvalue weighted by molar-refractivity contribution is 0.690. The number of benzene rings is 8. The van der Waals surface area contributed by atoms with Crippen molar-refractivity contribution >= 4 is 62.4 Å². The van der Waals surface area contributed by atoms with Crippen molar-refractivity contribution < 1.29 is 16.4 Å². The summed E-state index contributed by atoms with van der Waals surface area (Å²) in [6, 6.07) is 35.8. The van der Waals surface area contributed by atoms with Gasteiger partial charge in [0.05, 0.1) is 38.6 Å². The normalized spacial score (nSPS) is 17.1. The Hall–Kier alpha value is -5.87. The van der Waals surface area contributed by atoms with Crippen LogP contribution in [0.5, 0.6) is 0 Å². The van der Waals surface area contributed by atoms with Crippen LogP contribution in [-0.2, 0) is 5.41 Å². The van der Waals surface area contributed by atoms with E-state index in [2.05, 4.69) is 0 Å². The molecule has 0 saturated carbocycles. The van der Waals surface area contributed by atoms with Crippen molar-refractivity contribution in [2.24, 2.45) is 0 Å². The minimum absolute atomic E-state index is 0.0566. The van der Waals surface area contributed by atoms with E-state index in [0.717, 1.165) is 31.3 Å². The van der Waals surface area contributed by atoms with Crippen LogP contribution in [-0.4, -0.2) is 12.6 Å². The first-order chi connectivity index (χ1) is 30.8. The van der Waals surface area contributed by atoms with Crippen LogP contribution in [0.3, 0.4) is 0 Å². The number of aromatic nitrogens is 1. The summed E-state index contributed by atoms with van der Waals surface area (Å²) in [6.45, 7) is 0. The predicted octanol–water partition coefficient (Wildman–Crippen LogP) is 9.32. The molecule has 0 atom stereocenters. The van der Waals surface area contributed by atoms with Crippen LogP contribution in [0, 0.1) is 0 Å². The lowest BCUT2D eigenvalue weighted by Crippen LogP contribution is -2.74. The van der Waals surface area contributed by atoms with Gasteiger partial charge in [-0.05, 0) is 67.2 Å². The highest BCUT2D eigenvalue weighted by Gasteiger charge is 2.50. The number of para-hydroxylation sites is 2. The summed E-state index contributed by atoms with van der Waals surface area (Å²) in [5, 5.41) is 2.43. The van der Waals surface area contributed by atoms with E-state index in [0.29, 0.717) is 27.5 Å². The molecular weight excluding hydrogens is 663 g/mol. The molecule has 0 bridgehead atoms. The first kappa shape index (κ1) is 20.2. The molecule has 0 saturated heterocycles. The molecule has 2 aliphatic rings. The molecule has 0 radical (unpaired) electrons. The molecule has 2 aliphatic heterocycles. The molecule has 1 nitrogen and oxygen atoms in total. The van der Waals surface area contributed by atoms with Gasteiger partial charge in [0.2, 0.25) is 0 Å². The standard InChI is InChI=1S/C49H33NSSi/c1-4-17-34(18-5-1)52(35-19-6-2-7-20-35,36-21-8-3-9-22-36)37-31-32-40-45(33-37)50-44-28-13-10-23-38(44)39-24-16-27-43(48(39)50)49(40)41-25-11-14-29-46(41)51-47-30-15-12-26-42(47)49/h1-33H/i1D,4D,5D,10D,13D,16D,17D,18D,23D,24D,27D,28D. The van der Waals surface area contributed by atoms with Crippen molar-refractivity contribution in [3.63, 3.8) is 0 Å². The fourth-order valence-electron chi connectivity index (χ4n) is 8.79. The van der Waals surface area contributed by atoms with Gasteiger partial charge in [-0.3, -0.25) is 0 Å². The summed E-state index contributed by atoms with van der Waals surface area (Å²) in [6.07, 6.45) is 0. The van der Waals surface area contributed by atoms with Gasteiger partial charge in [0.15, 0.2) is 8.07 Å². The van der Waals surface area contributed by atoms with E-state index in [9.17, 15) is 9.60 Å². The SMILES string of the molecule is [2H]c1c([2H])c([2H])c([Si](c2ccccc2)(c2ccccc2)c2ccc3c(c2)-n2c4c([2H])c([2H])c([2H])c([2H])c4c4c([2H])c([2H])c([2H])c(c42)C32c3ccccc3Sc3ccccc32)c([2H])c1[2H]. The van der Waals surface area contributed by atoms with Gasteiger partial charge in [-0.1, -0.05) is 187 Å². The Morgan fingerprint density at radius 1 is 0.462 bits per heavy atom. The summed E-state index contributed by atoms with van der Waals surface area (Å²) < 4.78 is 113. The average molecular weight is 708 g/mol. The second kappa shape index (κ2) is 11.3. The van der Waals surface area contributed by atoms with E-state index in [1.165, 1.54) is 0 Å². The highest BCUT2D eigenvalue weighted by Crippen LogP contribution is 2.60. The predicted molar refractivity (Wildman–Crippen MR) is 220 cm³/mol. The minimum atomic E-state index is -4.01. The molecule has 11 rings (SSSR count). The molecule has 0 aliphatic carbocycles. The number of nitrogens with zero attached hydrogens (tertiary/aromatic N) is 1. The van der Waals surface area contributed by atoms with E-state index >= 15 is 0 Å². The van der Waals surface area contributed by atoms with E-state index in [1.807, 2.05) is 127 Å². The maximum Gasteiger partial charge on any atom is 0.179 e. The Bertz CT molecular complexity index is 3410. The number of rotatable bonds is 4. The van der Waals surface area contributed by atoms with Crippen molar-refractivity contribution in [2.45, 2.75) is 15.2 Å². The Morgan fingerprint density at radius 3 is 1.75 bits per heavy atom. The first-order valence-corrected chi connectivity index (χ1v) is 19.9. The monoisotopic (exact) mass is 707 g/mol. The van der Waals surface area contributed by atoms with Crippen LogP contribution < -0.4 is 20.7 Å². The lowest BCUT2D eigenvalue weighted by Gasteiger charge is -2.46. The van der Waals surface area contributed by atoms with Crippen molar-refractivity contribution in [3.05, 3.63) is 222 Å². The zero-order valence-electron chi connectivity index (χ0n) is 39.5. The molecule has 0 fully saturated rings. The summed E-state index contributed by atoms with van der Waals surface area (Å²) in [4.78, 5) is 1.80. The molecule has 3 heteroatoms. The van der Waals surface area contributed by atoms with E-state index < -0.39 is 43.7 Å². The third-order valence-electron chi connectivity index (χ3n) is 10.8. The molecule has 1 spiro atoms. The Kier molecular flexibility index (Phi) is 4.40. The fraction of sp³-hybridized carbons (Fsp3) is 0.0204. The van der Waals surface area contributed by atoms with Crippen molar-refractivity contribution in [2.75, 3.05) is 0 Å². The van der Waals surface area contributed by atoms with Crippen LogP contribution in [0.15, 0.2) is 210 Å². The second-order valence-electron chi connectivity index (χ2n) is 13.1. The van der Waals surface area contributed by atoms with Gasteiger partial charge in [-0.2, -0.15) is 0 Å². The third kappa shape index (κ3) is 3.84. The molecule has 244 valence electrons.